The van der Waals surface area contributed by atoms with Gasteiger partial charge < -0.3 is 10.2 Å². The molecule has 30 heavy (non-hydrogen) atoms. The van der Waals surface area contributed by atoms with Gasteiger partial charge in [-0.25, -0.2) is 4.52 Å². The fourth-order valence-electron chi connectivity index (χ4n) is 3.08. The smallest absolute Gasteiger partial charge is 0.103 e. The molecule has 2 N–H and O–H groups in total. The molecule has 0 aliphatic rings. The third kappa shape index (κ3) is 3.53. The second-order valence-electron chi connectivity index (χ2n) is 6.49. The first-order chi connectivity index (χ1) is 14.7. The second kappa shape index (κ2) is 8.39. The molecule has 4 aromatic rings. The Balaban J connectivity index is 1.84. The minimum absolute atomic E-state index is 0.229. The Bertz CT molecular complexity index is 1290. The van der Waals surface area contributed by atoms with Crippen molar-refractivity contribution in [2.45, 2.75) is 15.8 Å². The van der Waals surface area contributed by atoms with Crippen molar-refractivity contribution in [3.8, 4) is 23.3 Å². The Kier molecular flexibility index (Phi) is 5.50. The predicted octanol–water partition coefficient (Wildman–Crippen LogP) is 2.62. The highest BCUT2D eigenvalue weighted by molar-refractivity contribution is 7.99. The van der Waals surface area contributed by atoms with Crippen LogP contribution in [-0.2, 0) is 0 Å². The largest absolute Gasteiger partial charge is 0.394 e. The molecule has 3 aromatic heterocycles. The first-order valence-electron chi connectivity index (χ1n) is 9.03. The number of nitrogens with zero attached hydrogens (tertiary/aromatic N) is 6. The summed E-state index contributed by atoms with van der Waals surface area (Å²) in [5.74, 6) is 0. The van der Waals surface area contributed by atoms with Crippen LogP contribution in [0.4, 0.5) is 0 Å². The maximum absolute atomic E-state index is 9.50. The summed E-state index contributed by atoms with van der Waals surface area (Å²) in [4.78, 5) is 1.55. The van der Waals surface area contributed by atoms with Crippen molar-refractivity contribution in [1.29, 1.82) is 10.5 Å². The lowest BCUT2D eigenvalue weighted by molar-refractivity contribution is 0.146. The number of aliphatic hydroxyl groups is 2. The highest BCUT2D eigenvalue weighted by Crippen LogP contribution is 2.37. The summed E-state index contributed by atoms with van der Waals surface area (Å²) in [5, 5.41) is 46.2. The Hall–Kier alpha value is -3.63. The van der Waals surface area contributed by atoms with Crippen molar-refractivity contribution >= 4 is 17.3 Å². The highest BCUT2D eigenvalue weighted by Gasteiger charge is 2.16. The maximum atomic E-state index is 9.50. The standard InChI is InChI=1S/C21H16N6O2S/c22-6-14-3-1-2-4-19(14)30-20-5-15(10-27-21(20)16(7-23)8-25-27)17-9-24-26(11-17)18(12-28)13-29/h1-5,8-11,18,28-29H,12-13H2. The van der Waals surface area contributed by atoms with Gasteiger partial charge in [0.15, 0.2) is 0 Å². The average molecular weight is 416 g/mol. The summed E-state index contributed by atoms with van der Waals surface area (Å²) in [5.41, 5.74) is 3.22. The lowest BCUT2D eigenvalue weighted by Gasteiger charge is -2.11. The van der Waals surface area contributed by atoms with E-state index in [9.17, 15) is 20.7 Å². The minimum atomic E-state index is -0.520. The third-order valence-corrected chi connectivity index (χ3v) is 5.76. The quantitative estimate of drug-likeness (QED) is 0.495. The molecule has 0 aliphatic heterocycles. The molecule has 0 saturated heterocycles. The molecule has 9 heteroatoms. The van der Waals surface area contributed by atoms with Gasteiger partial charge in [-0.1, -0.05) is 23.9 Å². The van der Waals surface area contributed by atoms with Crippen LogP contribution in [-0.4, -0.2) is 42.8 Å². The topological polar surface area (TPSA) is 123 Å². The molecule has 0 unspecified atom stereocenters. The molecule has 0 radical (unpaired) electrons. The average Bonchev–Trinajstić information content (AvgIpc) is 3.42. The predicted molar refractivity (Wildman–Crippen MR) is 110 cm³/mol. The van der Waals surface area contributed by atoms with Gasteiger partial charge in [0.1, 0.15) is 12.1 Å². The molecule has 0 fully saturated rings. The fourth-order valence-corrected chi connectivity index (χ4v) is 4.17. The lowest BCUT2D eigenvalue weighted by Crippen LogP contribution is -2.17. The van der Waals surface area contributed by atoms with Crippen LogP contribution in [0.1, 0.15) is 17.2 Å². The van der Waals surface area contributed by atoms with Crippen LogP contribution in [0.25, 0.3) is 16.6 Å². The van der Waals surface area contributed by atoms with Gasteiger partial charge in [-0.15, -0.1) is 0 Å². The van der Waals surface area contributed by atoms with Crippen LogP contribution in [0, 0.1) is 22.7 Å². The number of hydrogen-bond donors (Lipinski definition) is 2. The number of hydrogen-bond acceptors (Lipinski definition) is 7. The van der Waals surface area contributed by atoms with Crippen LogP contribution in [0.15, 0.2) is 64.9 Å². The van der Waals surface area contributed by atoms with Crippen LogP contribution < -0.4 is 0 Å². The van der Waals surface area contributed by atoms with E-state index in [-0.39, 0.29) is 13.2 Å². The Morgan fingerprint density at radius 1 is 0.933 bits per heavy atom. The molecule has 4 rings (SSSR count). The molecule has 8 nitrogen and oxygen atoms in total. The van der Waals surface area contributed by atoms with Gasteiger partial charge in [0, 0.05) is 33.3 Å². The summed E-state index contributed by atoms with van der Waals surface area (Å²) in [6.45, 7) is -0.458. The highest BCUT2D eigenvalue weighted by atomic mass is 32.2. The molecule has 148 valence electrons. The van der Waals surface area contributed by atoms with E-state index in [4.69, 9.17) is 0 Å². The van der Waals surface area contributed by atoms with Crippen molar-refractivity contribution in [2.24, 2.45) is 0 Å². The monoisotopic (exact) mass is 416 g/mol. The van der Waals surface area contributed by atoms with E-state index in [0.29, 0.717) is 16.6 Å². The van der Waals surface area contributed by atoms with Gasteiger partial charge in [0.25, 0.3) is 0 Å². The Morgan fingerprint density at radius 3 is 2.43 bits per heavy atom. The molecule has 0 aliphatic carbocycles. The number of aliphatic hydroxyl groups excluding tert-OH is 2. The zero-order chi connectivity index (χ0) is 21.1. The van der Waals surface area contributed by atoms with Crippen LogP contribution in [0.3, 0.4) is 0 Å². The van der Waals surface area contributed by atoms with Gasteiger partial charge in [0.05, 0.1) is 48.3 Å². The Morgan fingerprint density at radius 2 is 1.70 bits per heavy atom. The van der Waals surface area contributed by atoms with Crippen molar-refractivity contribution < 1.29 is 10.2 Å². The van der Waals surface area contributed by atoms with E-state index in [1.807, 2.05) is 18.2 Å². The minimum Gasteiger partial charge on any atom is -0.394 e. The lowest BCUT2D eigenvalue weighted by atomic mass is 10.1. The fraction of sp³-hybridized carbons (Fsp3) is 0.143. The second-order valence-corrected chi connectivity index (χ2v) is 7.58. The summed E-state index contributed by atoms with van der Waals surface area (Å²) in [7, 11) is 0. The van der Waals surface area contributed by atoms with Crippen molar-refractivity contribution in [3.05, 3.63) is 66.2 Å². The molecule has 0 saturated carbocycles. The molecule has 1 aromatic carbocycles. The van der Waals surface area contributed by atoms with Crippen LogP contribution >= 0.6 is 11.8 Å². The normalized spacial score (nSPS) is 11.0. The van der Waals surface area contributed by atoms with Gasteiger partial charge in [0.2, 0.25) is 0 Å². The summed E-state index contributed by atoms with van der Waals surface area (Å²) in [6, 6.07) is 13.0. The van der Waals surface area contributed by atoms with E-state index < -0.39 is 6.04 Å². The molecule has 0 atom stereocenters. The number of aromatic nitrogens is 4. The first kappa shape index (κ1) is 19.7. The SMILES string of the molecule is N#Cc1ccccc1Sc1cc(-c2cnn(C(CO)CO)c2)cn2ncc(C#N)c12. The summed E-state index contributed by atoms with van der Waals surface area (Å²) in [6.07, 6.45) is 6.69. The zero-order valence-electron chi connectivity index (χ0n) is 15.7. The van der Waals surface area contributed by atoms with E-state index in [0.717, 1.165) is 20.9 Å². The third-order valence-electron chi connectivity index (χ3n) is 4.66. The van der Waals surface area contributed by atoms with Gasteiger partial charge >= 0.3 is 0 Å². The van der Waals surface area contributed by atoms with Gasteiger partial charge in [-0.3, -0.25) is 4.68 Å². The van der Waals surface area contributed by atoms with E-state index in [1.54, 1.807) is 35.2 Å². The van der Waals surface area contributed by atoms with Crippen LogP contribution in [0.2, 0.25) is 0 Å². The van der Waals surface area contributed by atoms with Crippen molar-refractivity contribution in [3.63, 3.8) is 0 Å². The summed E-state index contributed by atoms with van der Waals surface area (Å²) < 4.78 is 3.15. The number of rotatable bonds is 6. The number of nitriles is 2. The molecule has 0 spiro atoms. The van der Waals surface area contributed by atoms with Crippen molar-refractivity contribution in [2.75, 3.05) is 13.2 Å². The van der Waals surface area contributed by atoms with Crippen molar-refractivity contribution in [1.82, 2.24) is 19.4 Å². The number of pyridine rings is 1. The van der Waals surface area contributed by atoms with E-state index in [2.05, 4.69) is 22.3 Å². The number of fused-ring (bicyclic) bond motifs is 1. The van der Waals surface area contributed by atoms with Crippen LogP contribution in [0.5, 0.6) is 0 Å². The van der Waals surface area contributed by atoms with E-state index in [1.165, 1.54) is 22.6 Å². The molecule has 0 amide bonds. The van der Waals surface area contributed by atoms with E-state index >= 15 is 0 Å². The van der Waals surface area contributed by atoms with Gasteiger partial charge in [-0.2, -0.15) is 20.7 Å². The number of benzene rings is 1. The Labute approximate surface area is 176 Å². The molecular formula is C21H16N6O2S. The summed E-state index contributed by atoms with van der Waals surface area (Å²) >= 11 is 1.39. The first-order valence-corrected chi connectivity index (χ1v) is 9.84. The van der Waals surface area contributed by atoms with Gasteiger partial charge in [-0.05, 0) is 18.2 Å². The molecule has 3 heterocycles. The zero-order valence-corrected chi connectivity index (χ0v) is 16.5. The molecular weight excluding hydrogens is 400 g/mol. The molecule has 0 bridgehead atoms. The maximum Gasteiger partial charge on any atom is 0.103 e.